The summed E-state index contributed by atoms with van der Waals surface area (Å²) >= 11 is 6.41. The normalized spacial score (nSPS) is 18.2. The van der Waals surface area contributed by atoms with Gasteiger partial charge in [-0.05, 0) is 37.1 Å². The average molecular weight is 555 g/mol. The van der Waals surface area contributed by atoms with Crippen molar-refractivity contribution in [2.24, 2.45) is 0 Å². The van der Waals surface area contributed by atoms with Crippen molar-refractivity contribution >= 4 is 46.1 Å². The van der Waals surface area contributed by atoms with E-state index in [-0.39, 0.29) is 24.8 Å². The molecule has 0 spiro atoms. The summed E-state index contributed by atoms with van der Waals surface area (Å²) in [6, 6.07) is 8.61. The first-order chi connectivity index (χ1) is 18.9. The number of hydrogen-bond acceptors (Lipinski definition) is 7. The standard InChI is InChI=1S/C28H31ClN4O6/c1-17-23(29)13-19(14-25(17)38-11-8-33-6-9-37-10-7-33)31-28(36)30-15-18-2-4-24-21(12-18)22(16-39-24)20-3-5-26(34)32-27(20)35/h2,4,12-14,16,20H,3,5-11,15H2,1H3,(H2,30,31,36)(H,32,34,35). The maximum absolute atomic E-state index is 12.7. The van der Waals surface area contributed by atoms with Gasteiger partial charge < -0.3 is 24.5 Å². The van der Waals surface area contributed by atoms with Gasteiger partial charge in [0.05, 0.1) is 25.4 Å². The molecule has 2 aliphatic heterocycles. The number of nitrogens with one attached hydrogen (secondary N) is 3. The summed E-state index contributed by atoms with van der Waals surface area (Å²) in [5.41, 5.74) is 3.54. The number of nitrogens with zero attached hydrogens (tertiary/aromatic N) is 1. The van der Waals surface area contributed by atoms with Gasteiger partial charge in [0.25, 0.3) is 0 Å². The van der Waals surface area contributed by atoms with Gasteiger partial charge in [-0.3, -0.25) is 19.8 Å². The minimum atomic E-state index is -0.452. The Morgan fingerprint density at radius 3 is 2.82 bits per heavy atom. The second-order valence-corrected chi connectivity index (χ2v) is 10.1. The molecule has 0 radical (unpaired) electrons. The van der Waals surface area contributed by atoms with Crippen molar-refractivity contribution < 1.29 is 28.3 Å². The summed E-state index contributed by atoms with van der Waals surface area (Å²) in [5, 5.41) is 9.35. The van der Waals surface area contributed by atoms with Crippen molar-refractivity contribution in [2.45, 2.75) is 32.2 Å². The number of fused-ring (bicyclic) bond motifs is 1. The Kier molecular flexibility index (Phi) is 8.35. The molecule has 0 saturated carbocycles. The highest BCUT2D eigenvalue weighted by Crippen LogP contribution is 2.33. The van der Waals surface area contributed by atoms with Gasteiger partial charge in [0.1, 0.15) is 17.9 Å². The highest BCUT2D eigenvalue weighted by molar-refractivity contribution is 6.32. The molecule has 206 valence electrons. The number of urea groups is 1. The predicted molar refractivity (Wildman–Crippen MR) is 146 cm³/mol. The molecule has 1 aromatic heterocycles. The van der Waals surface area contributed by atoms with Gasteiger partial charge in [0.15, 0.2) is 0 Å². The van der Waals surface area contributed by atoms with Crippen LogP contribution in [0.25, 0.3) is 11.0 Å². The molecule has 2 aromatic carbocycles. The fraction of sp³-hybridized carbons (Fsp3) is 0.393. The van der Waals surface area contributed by atoms with E-state index >= 15 is 0 Å². The van der Waals surface area contributed by atoms with Crippen LogP contribution >= 0.6 is 11.6 Å². The minimum Gasteiger partial charge on any atom is -0.492 e. The van der Waals surface area contributed by atoms with E-state index in [9.17, 15) is 14.4 Å². The van der Waals surface area contributed by atoms with Crippen LogP contribution in [0.4, 0.5) is 10.5 Å². The number of imide groups is 1. The third-order valence-corrected chi connectivity index (χ3v) is 7.45. The van der Waals surface area contributed by atoms with Gasteiger partial charge >= 0.3 is 6.03 Å². The first-order valence-corrected chi connectivity index (χ1v) is 13.4. The molecule has 2 saturated heterocycles. The number of carbonyl (C=O) groups excluding carboxylic acids is 3. The smallest absolute Gasteiger partial charge is 0.319 e. The first kappa shape index (κ1) is 27.0. The quantitative estimate of drug-likeness (QED) is 0.360. The molecule has 1 atom stereocenters. The molecule has 1 unspecified atom stereocenters. The van der Waals surface area contributed by atoms with E-state index in [1.54, 1.807) is 24.5 Å². The van der Waals surface area contributed by atoms with Crippen molar-refractivity contribution in [3.8, 4) is 5.75 Å². The van der Waals surface area contributed by atoms with Crippen molar-refractivity contribution in [2.75, 3.05) is 44.8 Å². The molecule has 10 nitrogen and oxygen atoms in total. The monoisotopic (exact) mass is 554 g/mol. The summed E-state index contributed by atoms with van der Waals surface area (Å²) in [7, 11) is 0. The number of hydrogen-bond donors (Lipinski definition) is 3. The Balaban J connectivity index is 1.19. The van der Waals surface area contributed by atoms with Crippen LogP contribution in [-0.2, 0) is 20.9 Å². The number of anilines is 1. The molecule has 2 fully saturated rings. The molecule has 39 heavy (non-hydrogen) atoms. The fourth-order valence-electron chi connectivity index (χ4n) is 4.81. The molecule has 5 rings (SSSR count). The van der Waals surface area contributed by atoms with Gasteiger partial charge in [0, 0.05) is 65.9 Å². The molecule has 3 heterocycles. The number of halogens is 1. The Morgan fingerprint density at radius 1 is 1.21 bits per heavy atom. The van der Waals surface area contributed by atoms with Gasteiger partial charge in [-0.25, -0.2) is 4.79 Å². The van der Waals surface area contributed by atoms with Gasteiger partial charge in [0.2, 0.25) is 11.8 Å². The average Bonchev–Trinajstić information content (AvgIpc) is 3.34. The summed E-state index contributed by atoms with van der Waals surface area (Å²) in [6.45, 7) is 6.66. The number of furan rings is 1. The van der Waals surface area contributed by atoms with Crippen LogP contribution in [0, 0.1) is 6.92 Å². The molecule has 3 N–H and O–H groups in total. The molecule has 11 heteroatoms. The second kappa shape index (κ2) is 12.1. The topological polar surface area (TPSA) is 122 Å². The maximum Gasteiger partial charge on any atom is 0.319 e. The van der Waals surface area contributed by atoms with E-state index in [4.69, 9.17) is 25.5 Å². The number of piperidine rings is 1. The van der Waals surface area contributed by atoms with Crippen molar-refractivity contribution in [3.05, 3.63) is 58.3 Å². The Labute approximate surface area is 230 Å². The number of ether oxygens (including phenoxy) is 2. The van der Waals surface area contributed by atoms with E-state index in [0.717, 1.165) is 54.9 Å². The number of carbonyl (C=O) groups is 3. The van der Waals surface area contributed by atoms with Gasteiger partial charge in [-0.2, -0.15) is 0 Å². The van der Waals surface area contributed by atoms with Crippen molar-refractivity contribution in [1.82, 2.24) is 15.5 Å². The molecule has 2 aliphatic rings. The van der Waals surface area contributed by atoms with Crippen molar-refractivity contribution in [3.63, 3.8) is 0 Å². The number of amides is 4. The van der Waals surface area contributed by atoms with Crippen LogP contribution in [0.2, 0.25) is 5.02 Å². The van der Waals surface area contributed by atoms with Crippen LogP contribution in [0.5, 0.6) is 5.75 Å². The van der Waals surface area contributed by atoms with Crippen LogP contribution in [-0.4, -0.2) is 62.2 Å². The Hall–Kier alpha value is -3.60. The van der Waals surface area contributed by atoms with Crippen LogP contribution in [0.3, 0.4) is 0 Å². The highest BCUT2D eigenvalue weighted by Gasteiger charge is 2.30. The summed E-state index contributed by atoms with van der Waals surface area (Å²) in [4.78, 5) is 38.9. The molecular weight excluding hydrogens is 524 g/mol. The van der Waals surface area contributed by atoms with E-state index < -0.39 is 11.9 Å². The van der Waals surface area contributed by atoms with Gasteiger partial charge in [-0.15, -0.1) is 0 Å². The van der Waals surface area contributed by atoms with E-state index in [2.05, 4.69) is 20.9 Å². The highest BCUT2D eigenvalue weighted by atomic mass is 35.5. The van der Waals surface area contributed by atoms with E-state index in [0.29, 0.717) is 35.1 Å². The molecule has 3 aromatic rings. The zero-order valence-corrected chi connectivity index (χ0v) is 22.4. The summed E-state index contributed by atoms with van der Waals surface area (Å²) < 4.78 is 17.0. The third-order valence-electron chi connectivity index (χ3n) is 7.06. The van der Waals surface area contributed by atoms with Crippen LogP contribution in [0.15, 0.2) is 41.0 Å². The molecule has 4 amide bonds. The van der Waals surface area contributed by atoms with Crippen LogP contribution < -0.4 is 20.7 Å². The molecule has 0 bridgehead atoms. The fourth-order valence-corrected chi connectivity index (χ4v) is 5.02. The minimum absolute atomic E-state index is 0.254. The van der Waals surface area contributed by atoms with Gasteiger partial charge in [-0.1, -0.05) is 17.7 Å². The lowest BCUT2D eigenvalue weighted by molar-refractivity contribution is -0.134. The first-order valence-electron chi connectivity index (χ1n) is 13.0. The zero-order valence-electron chi connectivity index (χ0n) is 21.7. The number of morpholine rings is 1. The molecule has 0 aliphatic carbocycles. The van der Waals surface area contributed by atoms with Crippen molar-refractivity contribution in [1.29, 1.82) is 0 Å². The summed E-state index contributed by atoms with van der Waals surface area (Å²) in [5.74, 6) is -0.413. The van der Waals surface area contributed by atoms with E-state index in [1.165, 1.54) is 0 Å². The molecular formula is C28H31ClN4O6. The maximum atomic E-state index is 12.7. The third kappa shape index (κ3) is 6.52. The lowest BCUT2D eigenvalue weighted by Crippen LogP contribution is -2.39. The lowest BCUT2D eigenvalue weighted by Gasteiger charge is -2.26. The summed E-state index contributed by atoms with van der Waals surface area (Å²) in [6.07, 6.45) is 2.28. The number of benzene rings is 2. The Morgan fingerprint density at radius 2 is 2.03 bits per heavy atom. The second-order valence-electron chi connectivity index (χ2n) is 9.72. The predicted octanol–water partition coefficient (Wildman–Crippen LogP) is 3.95. The largest absolute Gasteiger partial charge is 0.492 e. The van der Waals surface area contributed by atoms with Crippen LogP contribution in [0.1, 0.15) is 35.4 Å². The Bertz CT molecular complexity index is 1380. The number of rotatable bonds is 8. The lowest BCUT2D eigenvalue weighted by atomic mass is 9.90. The SMILES string of the molecule is Cc1c(Cl)cc(NC(=O)NCc2ccc3occ(C4CCC(=O)NC4=O)c3c2)cc1OCCN1CCOCC1. The van der Waals surface area contributed by atoms with E-state index in [1.807, 2.05) is 19.1 Å². The zero-order chi connectivity index (χ0) is 27.4.